The third-order valence-electron chi connectivity index (χ3n) is 7.18. The van der Waals surface area contributed by atoms with Gasteiger partial charge in [-0.05, 0) is 68.7 Å². The summed E-state index contributed by atoms with van der Waals surface area (Å²) in [7, 11) is 0. The van der Waals surface area contributed by atoms with Crippen molar-refractivity contribution >= 4 is 28.9 Å². The predicted octanol–water partition coefficient (Wildman–Crippen LogP) is 3.88. The number of hydrogen-bond donors (Lipinski definition) is 3. The number of rotatable bonds is 13. The summed E-state index contributed by atoms with van der Waals surface area (Å²) in [5.74, 6) is -0.381. The quantitative estimate of drug-likeness (QED) is 0.243. The second-order valence-electron chi connectivity index (χ2n) is 9.60. The van der Waals surface area contributed by atoms with Gasteiger partial charge in [0.05, 0.1) is 11.7 Å². The second kappa shape index (κ2) is 12.6. The molecule has 192 valence electrons. The number of piperidine rings is 1. The van der Waals surface area contributed by atoms with Crippen molar-refractivity contribution in [2.75, 3.05) is 24.5 Å². The zero-order valence-electron chi connectivity index (χ0n) is 20.6. The highest BCUT2D eigenvalue weighted by molar-refractivity contribution is 5.83. The number of anilines is 1. The first-order valence-corrected chi connectivity index (χ1v) is 12.9. The maximum atomic E-state index is 11.8. The summed E-state index contributed by atoms with van der Waals surface area (Å²) in [5, 5.41) is 17.7. The topological polar surface area (TPSA) is 122 Å². The van der Waals surface area contributed by atoms with Crippen LogP contribution in [0.15, 0.2) is 53.1 Å². The van der Waals surface area contributed by atoms with E-state index in [1.54, 1.807) is 0 Å². The van der Waals surface area contributed by atoms with Crippen LogP contribution in [0.1, 0.15) is 55.7 Å². The van der Waals surface area contributed by atoms with Gasteiger partial charge in [-0.25, -0.2) is 0 Å². The fourth-order valence-corrected chi connectivity index (χ4v) is 5.07. The van der Waals surface area contributed by atoms with Gasteiger partial charge in [0.2, 0.25) is 0 Å². The Kier molecular flexibility index (Phi) is 9.08. The van der Waals surface area contributed by atoms with Gasteiger partial charge in [0.1, 0.15) is 12.3 Å². The number of carbonyl (C=O) groups excluding carboxylic acids is 1. The maximum Gasteiger partial charge on any atom is 0.320 e. The Morgan fingerprint density at radius 1 is 1.17 bits per heavy atom. The molecular formula is C28H36N4O4. The minimum absolute atomic E-state index is 0.312. The number of carboxylic acids is 1. The third kappa shape index (κ3) is 6.50. The Bertz CT molecular complexity index is 1130. The number of aryl methyl sites for hydroxylation is 1. The van der Waals surface area contributed by atoms with E-state index in [4.69, 9.17) is 10.3 Å². The summed E-state index contributed by atoms with van der Waals surface area (Å²) in [6, 6.07) is 15.5. The molecule has 4 N–H and O–H groups in total. The van der Waals surface area contributed by atoms with Crippen LogP contribution in [0.4, 0.5) is 5.69 Å². The van der Waals surface area contributed by atoms with Crippen LogP contribution < -0.4 is 16.0 Å². The van der Waals surface area contributed by atoms with Crippen molar-refractivity contribution in [3.05, 3.63) is 59.8 Å². The van der Waals surface area contributed by atoms with Gasteiger partial charge < -0.3 is 25.1 Å². The standard InChI is InChI=1S/C28H36N4O4/c29-15-5-4-8-22(19-33)30-26(28(34)35)12-11-25-24-10-9-23(18-27(24)36-31-25)32-16-13-21(14-17-32)20-6-2-1-3-7-20/h1-3,6-7,9-10,18-19,21-22,26,30H,4-5,8,11-17,29H2,(H,34,35)/t22-,26-/m1/s1. The Morgan fingerprint density at radius 2 is 1.94 bits per heavy atom. The van der Waals surface area contributed by atoms with Gasteiger partial charge in [0.25, 0.3) is 0 Å². The first-order valence-electron chi connectivity index (χ1n) is 12.9. The largest absolute Gasteiger partial charge is 0.480 e. The highest BCUT2D eigenvalue weighted by atomic mass is 16.5. The van der Waals surface area contributed by atoms with Crippen molar-refractivity contribution in [1.29, 1.82) is 0 Å². The Morgan fingerprint density at radius 3 is 2.64 bits per heavy atom. The first-order chi connectivity index (χ1) is 17.6. The van der Waals surface area contributed by atoms with Gasteiger partial charge >= 0.3 is 5.97 Å². The average Bonchev–Trinajstić information content (AvgIpc) is 3.32. The number of nitrogens with two attached hydrogens (primary N) is 1. The molecule has 0 bridgehead atoms. The van der Waals surface area contributed by atoms with Crippen molar-refractivity contribution in [2.45, 2.75) is 62.9 Å². The van der Waals surface area contributed by atoms with Crippen LogP contribution in [-0.2, 0) is 16.0 Å². The molecule has 0 saturated carbocycles. The van der Waals surface area contributed by atoms with Gasteiger partial charge in [-0.15, -0.1) is 0 Å². The maximum absolute atomic E-state index is 11.8. The summed E-state index contributed by atoms with van der Waals surface area (Å²) >= 11 is 0. The number of fused-ring (bicyclic) bond motifs is 1. The Labute approximate surface area is 211 Å². The molecule has 1 saturated heterocycles. The van der Waals surface area contributed by atoms with E-state index in [-0.39, 0.29) is 0 Å². The summed E-state index contributed by atoms with van der Waals surface area (Å²) < 4.78 is 5.62. The van der Waals surface area contributed by atoms with Crippen LogP contribution in [0, 0.1) is 0 Å². The summed E-state index contributed by atoms with van der Waals surface area (Å²) in [5.41, 5.74) is 9.49. The number of aldehydes is 1. The fraction of sp³-hybridized carbons (Fsp3) is 0.464. The molecular weight excluding hydrogens is 456 g/mol. The Hall–Kier alpha value is -3.23. The minimum atomic E-state index is -0.977. The number of benzene rings is 2. The molecule has 1 aliphatic rings. The van der Waals surface area contributed by atoms with Crippen molar-refractivity contribution in [2.24, 2.45) is 5.73 Å². The summed E-state index contributed by atoms with van der Waals surface area (Å²) in [4.78, 5) is 25.6. The van der Waals surface area contributed by atoms with Crippen LogP contribution >= 0.6 is 0 Å². The first kappa shape index (κ1) is 25.9. The summed E-state index contributed by atoms with van der Waals surface area (Å²) in [6.07, 6.45) is 5.91. The SMILES string of the molecule is NCCCC[C@H](C=O)N[C@H](CCc1noc2cc(N3CCC(c4ccccc4)CC3)ccc12)C(=O)O. The number of aromatic nitrogens is 1. The number of hydrogen-bond acceptors (Lipinski definition) is 7. The van der Waals surface area contributed by atoms with E-state index in [0.29, 0.717) is 37.3 Å². The van der Waals surface area contributed by atoms with Gasteiger partial charge in [-0.2, -0.15) is 0 Å². The number of aliphatic carboxylic acids is 1. The molecule has 8 heteroatoms. The van der Waals surface area contributed by atoms with Crippen molar-refractivity contribution < 1.29 is 19.2 Å². The van der Waals surface area contributed by atoms with E-state index in [1.807, 2.05) is 12.1 Å². The van der Waals surface area contributed by atoms with E-state index >= 15 is 0 Å². The van der Waals surface area contributed by atoms with Crippen molar-refractivity contribution in [1.82, 2.24) is 10.5 Å². The van der Waals surface area contributed by atoms with Crippen LogP contribution in [0.3, 0.4) is 0 Å². The molecule has 3 aromatic rings. The predicted molar refractivity (Wildman–Crippen MR) is 140 cm³/mol. The highest BCUT2D eigenvalue weighted by Gasteiger charge is 2.24. The van der Waals surface area contributed by atoms with Gasteiger partial charge in [-0.3, -0.25) is 10.1 Å². The lowest BCUT2D eigenvalue weighted by Gasteiger charge is -2.33. The number of nitrogens with zero attached hydrogens (tertiary/aromatic N) is 2. The molecule has 0 radical (unpaired) electrons. The molecule has 2 heterocycles. The monoisotopic (exact) mass is 492 g/mol. The summed E-state index contributed by atoms with van der Waals surface area (Å²) in [6.45, 7) is 2.53. The second-order valence-corrected chi connectivity index (χ2v) is 9.60. The lowest BCUT2D eigenvalue weighted by molar-refractivity contribution is -0.139. The van der Waals surface area contributed by atoms with Crippen LogP contribution in [0.2, 0.25) is 0 Å². The molecule has 2 aromatic carbocycles. The fourth-order valence-electron chi connectivity index (χ4n) is 5.07. The third-order valence-corrected chi connectivity index (χ3v) is 7.18. The zero-order valence-corrected chi connectivity index (χ0v) is 20.6. The zero-order chi connectivity index (χ0) is 25.3. The number of carboxylic acid groups (broad SMARTS) is 1. The van der Waals surface area contributed by atoms with Gasteiger partial charge in [-0.1, -0.05) is 41.9 Å². The van der Waals surface area contributed by atoms with Crippen LogP contribution in [-0.4, -0.2) is 54.2 Å². The molecule has 8 nitrogen and oxygen atoms in total. The number of unbranched alkanes of at least 4 members (excludes halogenated alkanes) is 1. The molecule has 36 heavy (non-hydrogen) atoms. The minimum Gasteiger partial charge on any atom is -0.480 e. The normalized spacial score (nSPS) is 16.2. The Balaban J connectivity index is 1.35. The smallest absolute Gasteiger partial charge is 0.320 e. The van der Waals surface area contributed by atoms with Crippen molar-refractivity contribution in [3.63, 3.8) is 0 Å². The molecule has 1 fully saturated rings. The van der Waals surface area contributed by atoms with Crippen LogP contribution in [0.25, 0.3) is 11.0 Å². The average molecular weight is 493 g/mol. The highest BCUT2D eigenvalue weighted by Crippen LogP contribution is 2.32. The van der Waals surface area contributed by atoms with E-state index in [1.165, 1.54) is 5.56 Å². The van der Waals surface area contributed by atoms with Crippen LogP contribution in [0.5, 0.6) is 0 Å². The molecule has 1 aliphatic heterocycles. The van der Waals surface area contributed by atoms with Crippen molar-refractivity contribution in [3.8, 4) is 0 Å². The molecule has 0 spiro atoms. The molecule has 0 amide bonds. The van der Waals surface area contributed by atoms with Gasteiger partial charge in [0, 0.05) is 30.2 Å². The molecule has 1 aromatic heterocycles. The lowest BCUT2D eigenvalue weighted by Crippen LogP contribution is -2.44. The lowest BCUT2D eigenvalue weighted by atomic mass is 9.89. The molecule has 0 aliphatic carbocycles. The molecule has 2 atom stereocenters. The van der Waals surface area contributed by atoms with E-state index < -0.39 is 18.1 Å². The molecule has 4 rings (SSSR count). The van der Waals surface area contributed by atoms with E-state index in [0.717, 1.165) is 61.8 Å². The number of carbonyl (C=O) groups is 2. The molecule has 0 unspecified atom stereocenters. The van der Waals surface area contributed by atoms with E-state index in [9.17, 15) is 14.7 Å². The van der Waals surface area contributed by atoms with E-state index in [2.05, 4.69) is 51.8 Å². The van der Waals surface area contributed by atoms with Gasteiger partial charge in [0.15, 0.2) is 5.58 Å². The number of nitrogens with one attached hydrogen (secondary N) is 1.